The third-order valence-corrected chi connectivity index (χ3v) is 5.10. The number of nitrogens with zero attached hydrogens (tertiary/aromatic N) is 1. The minimum atomic E-state index is 0.284. The van der Waals surface area contributed by atoms with Crippen molar-refractivity contribution in [2.75, 3.05) is 32.8 Å². The Bertz CT molecular complexity index is 258. The summed E-state index contributed by atoms with van der Waals surface area (Å²) in [7, 11) is 0. The number of hydrogen-bond donors (Lipinski definition) is 2. The lowest BCUT2D eigenvalue weighted by Gasteiger charge is -2.39. The normalized spacial score (nSPS) is 18.3. The molecule has 0 atom stereocenters. The predicted molar refractivity (Wildman–Crippen MR) is 91.6 cm³/mol. The van der Waals surface area contributed by atoms with Crippen LogP contribution in [0.15, 0.2) is 0 Å². The van der Waals surface area contributed by atoms with Gasteiger partial charge in [-0.1, -0.05) is 40.5 Å². The highest BCUT2D eigenvalue weighted by molar-refractivity contribution is 4.91. The smallest absolute Gasteiger partial charge is 0.0558 e. The van der Waals surface area contributed by atoms with E-state index in [1.807, 2.05) is 0 Å². The fraction of sp³-hybridized carbons (Fsp3) is 1.00. The lowest BCUT2D eigenvalue weighted by Crippen LogP contribution is -2.47. The Morgan fingerprint density at radius 3 is 2.24 bits per heavy atom. The van der Waals surface area contributed by atoms with Crippen molar-refractivity contribution in [2.24, 2.45) is 11.3 Å². The van der Waals surface area contributed by atoms with Gasteiger partial charge in [0, 0.05) is 25.7 Å². The van der Waals surface area contributed by atoms with Gasteiger partial charge in [0.25, 0.3) is 0 Å². The van der Waals surface area contributed by atoms with Crippen LogP contribution in [0.4, 0.5) is 0 Å². The zero-order valence-electron chi connectivity index (χ0n) is 14.8. The summed E-state index contributed by atoms with van der Waals surface area (Å²) in [5.74, 6) is 0.719. The Kier molecular flexibility index (Phi) is 8.84. The van der Waals surface area contributed by atoms with Crippen molar-refractivity contribution in [1.82, 2.24) is 10.2 Å². The van der Waals surface area contributed by atoms with Crippen molar-refractivity contribution in [3.63, 3.8) is 0 Å². The molecule has 0 heterocycles. The van der Waals surface area contributed by atoms with Crippen LogP contribution >= 0.6 is 0 Å². The molecular formula is C18H38N2O. The van der Waals surface area contributed by atoms with E-state index in [0.29, 0.717) is 11.5 Å². The van der Waals surface area contributed by atoms with Crippen molar-refractivity contribution in [3.8, 4) is 0 Å². The van der Waals surface area contributed by atoms with Gasteiger partial charge in [-0.15, -0.1) is 0 Å². The Labute approximate surface area is 132 Å². The van der Waals surface area contributed by atoms with E-state index in [4.69, 9.17) is 0 Å². The highest BCUT2D eigenvalue weighted by Gasteiger charge is 2.36. The molecule has 0 aromatic rings. The Morgan fingerprint density at radius 1 is 1.14 bits per heavy atom. The molecule has 0 spiro atoms. The van der Waals surface area contributed by atoms with E-state index in [9.17, 15) is 5.11 Å². The van der Waals surface area contributed by atoms with E-state index in [1.165, 1.54) is 38.5 Å². The first-order chi connectivity index (χ1) is 10.1. The van der Waals surface area contributed by atoms with E-state index in [2.05, 4.69) is 37.9 Å². The Morgan fingerprint density at radius 2 is 1.76 bits per heavy atom. The number of nitrogens with one attached hydrogen (secondary N) is 1. The van der Waals surface area contributed by atoms with E-state index >= 15 is 0 Å². The molecule has 0 radical (unpaired) electrons. The van der Waals surface area contributed by atoms with Gasteiger partial charge in [0.1, 0.15) is 0 Å². The summed E-state index contributed by atoms with van der Waals surface area (Å²) < 4.78 is 0. The van der Waals surface area contributed by atoms with Crippen LogP contribution < -0.4 is 5.32 Å². The summed E-state index contributed by atoms with van der Waals surface area (Å²) in [5.41, 5.74) is 0.437. The number of rotatable bonds is 11. The first-order valence-corrected chi connectivity index (χ1v) is 9.12. The molecule has 0 aliphatic heterocycles. The van der Waals surface area contributed by atoms with E-state index < -0.39 is 0 Å². The molecule has 3 heteroatoms. The molecule has 1 fully saturated rings. The monoisotopic (exact) mass is 298 g/mol. The summed E-state index contributed by atoms with van der Waals surface area (Å²) >= 11 is 0. The molecule has 21 heavy (non-hydrogen) atoms. The third kappa shape index (κ3) is 6.25. The molecule has 3 nitrogen and oxygen atoms in total. The SMILES string of the molecule is CCC(CC)N(CCO)CC1(CNCC(C)C)CCCC1. The van der Waals surface area contributed by atoms with Gasteiger partial charge in [-0.2, -0.15) is 0 Å². The standard InChI is InChI=1S/C18H38N2O/c1-5-17(6-2)20(11-12-21)15-18(9-7-8-10-18)14-19-13-16(3)4/h16-17,19,21H,5-15H2,1-4H3. The molecule has 0 unspecified atom stereocenters. The summed E-state index contributed by atoms with van der Waals surface area (Å²) in [6.45, 7) is 13.6. The summed E-state index contributed by atoms with van der Waals surface area (Å²) in [6, 6.07) is 0.625. The first-order valence-electron chi connectivity index (χ1n) is 9.12. The molecule has 1 aliphatic rings. The van der Waals surface area contributed by atoms with Gasteiger partial charge in [0.15, 0.2) is 0 Å². The highest BCUT2D eigenvalue weighted by atomic mass is 16.3. The molecule has 1 saturated carbocycles. The maximum absolute atomic E-state index is 9.43. The molecule has 0 aromatic heterocycles. The molecule has 1 aliphatic carbocycles. The summed E-state index contributed by atoms with van der Waals surface area (Å²) in [4.78, 5) is 2.56. The zero-order chi connectivity index (χ0) is 15.7. The first kappa shape index (κ1) is 18.9. The topological polar surface area (TPSA) is 35.5 Å². The van der Waals surface area contributed by atoms with Gasteiger partial charge in [-0.25, -0.2) is 0 Å². The van der Waals surface area contributed by atoms with E-state index in [0.717, 1.165) is 32.1 Å². The van der Waals surface area contributed by atoms with Gasteiger partial charge in [-0.05, 0) is 43.6 Å². The van der Waals surface area contributed by atoms with Crippen LogP contribution in [0.25, 0.3) is 0 Å². The van der Waals surface area contributed by atoms with Gasteiger partial charge >= 0.3 is 0 Å². The fourth-order valence-corrected chi connectivity index (χ4v) is 3.90. The van der Waals surface area contributed by atoms with Crippen LogP contribution in [-0.4, -0.2) is 48.8 Å². The average molecular weight is 299 g/mol. The molecule has 2 N–H and O–H groups in total. The number of aliphatic hydroxyl groups is 1. The van der Waals surface area contributed by atoms with Gasteiger partial charge in [0.05, 0.1) is 6.61 Å². The molecule has 0 aromatic carbocycles. The molecule has 0 bridgehead atoms. The maximum Gasteiger partial charge on any atom is 0.0558 e. The van der Waals surface area contributed by atoms with Crippen LogP contribution in [0, 0.1) is 11.3 Å². The van der Waals surface area contributed by atoms with Crippen molar-refractivity contribution in [1.29, 1.82) is 0 Å². The van der Waals surface area contributed by atoms with Crippen LogP contribution in [0.5, 0.6) is 0 Å². The summed E-state index contributed by atoms with van der Waals surface area (Å²) in [6.07, 6.45) is 7.82. The lowest BCUT2D eigenvalue weighted by molar-refractivity contribution is 0.0831. The highest BCUT2D eigenvalue weighted by Crippen LogP contribution is 2.39. The van der Waals surface area contributed by atoms with Gasteiger partial charge in [-0.3, -0.25) is 4.90 Å². The Hall–Kier alpha value is -0.120. The third-order valence-electron chi connectivity index (χ3n) is 5.10. The predicted octanol–water partition coefficient (Wildman–Crippen LogP) is 3.28. The summed E-state index contributed by atoms with van der Waals surface area (Å²) in [5, 5.41) is 13.1. The van der Waals surface area contributed by atoms with Crippen LogP contribution in [0.3, 0.4) is 0 Å². The van der Waals surface area contributed by atoms with Crippen LogP contribution in [-0.2, 0) is 0 Å². The second-order valence-corrected chi connectivity index (χ2v) is 7.40. The van der Waals surface area contributed by atoms with Crippen molar-refractivity contribution in [2.45, 2.75) is 72.3 Å². The van der Waals surface area contributed by atoms with Crippen molar-refractivity contribution < 1.29 is 5.11 Å². The van der Waals surface area contributed by atoms with Gasteiger partial charge < -0.3 is 10.4 Å². The van der Waals surface area contributed by atoms with E-state index in [-0.39, 0.29) is 6.61 Å². The van der Waals surface area contributed by atoms with Crippen molar-refractivity contribution >= 4 is 0 Å². The van der Waals surface area contributed by atoms with Crippen LogP contribution in [0.2, 0.25) is 0 Å². The molecule has 1 rings (SSSR count). The fourth-order valence-electron chi connectivity index (χ4n) is 3.90. The largest absolute Gasteiger partial charge is 0.395 e. The van der Waals surface area contributed by atoms with E-state index in [1.54, 1.807) is 0 Å². The molecule has 0 saturated heterocycles. The molecular weight excluding hydrogens is 260 g/mol. The molecule has 126 valence electrons. The molecule has 0 amide bonds. The second kappa shape index (κ2) is 9.81. The number of hydrogen-bond acceptors (Lipinski definition) is 3. The minimum absolute atomic E-state index is 0.284. The number of aliphatic hydroxyl groups excluding tert-OH is 1. The zero-order valence-corrected chi connectivity index (χ0v) is 14.8. The lowest BCUT2D eigenvalue weighted by atomic mass is 9.84. The van der Waals surface area contributed by atoms with Crippen molar-refractivity contribution in [3.05, 3.63) is 0 Å². The average Bonchev–Trinajstić information content (AvgIpc) is 2.88. The van der Waals surface area contributed by atoms with Gasteiger partial charge in [0.2, 0.25) is 0 Å². The Balaban J connectivity index is 2.64. The maximum atomic E-state index is 9.43. The second-order valence-electron chi connectivity index (χ2n) is 7.40. The minimum Gasteiger partial charge on any atom is -0.395 e. The van der Waals surface area contributed by atoms with Crippen LogP contribution in [0.1, 0.15) is 66.2 Å². The quantitative estimate of drug-likeness (QED) is 0.614.